The van der Waals surface area contributed by atoms with Crippen molar-refractivity contribution in [2.45, 2.75) is 0 Å². The number of carbonyl (C=O) groups excluding carboxylic acids is 1. The number of ether oxygens (including phenoxy) is 2. The Morgan fingerprint density at radius 1 is 1.00 bits per heavy atom. The fourth-order valence-corrected chi connectivity index (χ4v) is 3.25. The number of nitrogens with one attached hydrogen (secondary N) is 1. The fourth-order valence-electron chi connectivity index (χ4n) is 3.25. The van der Waals surface area contributed by atoms with E-state index in [4.69, 9.17) is 19.7 Å². The van der Waals surface area contributed by atoms with Crippen molar-refractivity contribution >= 4 is 22.5 Å². The zero-order valence-corrected chi connectivity index (χ0v) is 16.8. The van der Waals surface area contributed by atoms with E-state index in [1.807, 2.05) is 54.6 Å². The van der Waals surface area contributed by atoms with Crippen LogP contribution in [0.15, 0.2) is 78.9 Å². The van der Waals surface area contributed by atoms with E-state index in [1.165, 1.54) is 0 Å². The summed E-state index contributed by atoms with van der Waals surface area (Å²) in [4.78, 5) is 17.9. The molecule has 0 unspecified atom stereocenters. The summed E-state index contributed by atoms with van der Waals surface area (Å²) < 4.78 is 10.5. The van der Waals surface area contributed by atoms with Gasteiger partial charge in [0.05, 0.1) is 23.9 Å². The predicted molar refractivity (Wildman–Crippen MR) is 119 cm³/mol. The van der Waals surface area contributed by atoms with Crippen molar-refractivity contribution in [1.29, 1.82) is 5.26 Å². The number of amides is 1. The molecule has 4 aromatic rings. The van der Waals surface area contributed by atoms with Crippen LogP contribution in [0.25, 0.3) is 22.2 Å². The Balaban J connectivity index is 1.70. The number of rotatable bonds is 6. The molecule has 0 saturated carbocycles. The van der Waals surface area contributed by atoms with Crippen molar-refractivity contribution < 1.29 is 14.3 Å². The molecular weight excluding hydrogens is 390 g/mol. The lowest BCUT2D eigenvalue weighted by Crippen LogP contribution is -2.13. The third-order valence-corrected chi connectivity index (χ3v) is 4.74. The summed E-state index contributed by atoms with van der Waals surface area (Å²) in [6.45, 7) is -0.0579. The van der Waals surface area contributed by atoms with Crippen molar-refractivity contribution in [2.24, 2.45) is 0 Å². The molecule has 1 N–H and O–H groups in total. The van der Waals surface area contributed by atoms with Crippen molar-refractivity contribution in [3.63, 3.8) is 0 Å². The highest BCUT2D eigenvalue weighted by atomic mass is 16.5. The molecule has 0 aliphatic rings. The van der Waals surface area contributed by atoms with Crippen molar-refractivity contribution in [3.05, 3.63) is 84.4 Å². The number of fused-ring (bicyclic) bond motifs is 1. The van der Waals surface area contributed by atoms with E-state index in [9.17, 15) is 4.79 Å². The Labute approximate surface area is 179 Å². The molecule has 152 valence electrons. The van der Waals surface area contributed by atoms with Crippen LogP contribution in [-0.2, 0) is 0 Å². The number of nitriles is 1. The topological polar surface area (TPSA) is 84.2 Å². The zero-order valence-electron chi connectivity index (χ0n) is 16.8. The smallest absolute Gasteiger partial charge is 0.256 e. The first kappa shape index (κ1) is 19.9. The minimum absolute atomic E-state index is 0.0579. The lowest BCUT2D eigenvalue weighted by atomic mass is 10.0. The number of aromatic nitrogens is 1. The van der Waals surface area contributed by atoms with Gasteiger partial charge in [-0.1, -0.05) is 24.3 Å². The zero-order chi connectivity index (χ0) is 21.6. The van der Waals surface area contributed by atoms with Gasteiger partial charge in [0.2, 0.25) is 0 Å². The second kappa shape index (κ2) is 8.97. The molecule has 0 radical (unpaired) electrons. The van der Waals surface area contributed by atoms with Gasteiger partial charge in [-0.05, 0) is 48.5 Å². The summed E-state index contributed by atoms with van der Waals surface area (Å²) in [6.07, 6.45) is 0. The van der Waals surface area contributed by atoms with E-state index < -0.39 is 0 Å². The molecule has 6 heteroatoms. The molecular formula is C25H19N3O3. The number of pyridine rings is 1. The molecule has 0 bridgehead atoms. The van der Waals surface area contributed by atoms with E-state index in [0.29, 0.717) is 22.7 Å². The lowest BCUT2D eigenvalue weighted by molar-refractivity contribution is 0.102. The average Bonchev–Trinajstić information content (AvgIpc) is 2.82. The molecule has 1 amide bonds. The number of hydrogen-bond donors (Lipinski definition) is 1. The second-order valence-electron chi connectivity index (χ2n) is 6.73. The molecule has 1 aromatic heterocycles. The summed E-state index contributed by atoms with van der Waals surface area (Å²) in [5, 5.41) is 12.4. The number of benzene rings is 3. The molecule has 3 aromatic carbocycles. The van der Waals surface area contributed by atoms with Crippen LogP contribution in [0.5, 0.6) is 11.5 Å². The highest BCUT2D eigenvalue weighted by molar-refractivity contribution is 6.13. The van der Waals surface area contributed by atoms with Gasteiger partial charge in [0, 0.05) is 22.7 Å². The van der Waals surface area contributed by atoms with Crippen LogP contribution in [0.3, 0.4) is 0 Å². The van der Waals surface area contributed by atoms with E-state index in [1.54, 1.807) is 37.4 Å². The molecule has 6 nitrogen and oxygen atoms in total. The van der Waals surface area contributed by atoms with Gasteiger partial charge in [0.25, 0.3) is 5.91 Å². The Hall–Kier alpha value is -4.37. The summed E-state index contributed by atoms with van der Waals surface area (Å²) in [5.41, 5.74) is 3.39. The van der Waals surface area contributed by atoms with Gasteiger partial charge in [-0.3, -0.25) is 4.79 Å². The van der Waals surface area contributed by atoms with Crippen molar-refractivity contribution in [2.75, 3.05) is 19.0 Å². The maximum Gasteiger partial charge on any atom is 0.256 e. The van der Waals surface area contributed by atoms with Gasteiger partial charge < -0.3 is 14.8 Å². The molecule has 0 spiro atoms. The minimum Gasteiger partial charge on any atom is -0.497 e. The summed E-state index contributed by atoms with van der Waals surface area (Å²) in [5.74, 6) is 1.00. The number of hydrogen-bond acceptors (Lipinski definition) is 5. The lowest BCUT2D eigenvalue weighted by Gasteiger charge is -2.12. The first-order chi connectivity index (χ1) is 15.2. The average molecular weight is 409 g/mol. The highest BCUT2D eigenvalue weighted by Crippen LogP contribution is 2.27. The van der Waals surface area contributed by atoms with E-state index in [2.05, 4.69) is 5.32 Å². The van der Waals surface area contributed by atoms with Gasteiger partial charge in [0.15, 0.2) is 6.61 Å². The van der Waals surface area contributed by atoms with Gasteiger partial charge in [-0.2, -0.15) is 5.26 Å². The highest BCUT2D eigenvalue weighted by Gasteiger charge is 2.14. The number of methoxy groups -OCH3 is 1. The molecule has 0 atom stereocenters. The Bertz CT molecular complexity index is 1280. The van der Waals surface area contributed by atoms with Crippen LogP contribution in [0, 0.1) is 11.3 Å². The van der Waals surface area contributed by atoms with E-state index in [-0.39, 0.29) is 12.5 Å². The Kier molecular flexibility index (Phi) is 5.77. The Morgan fingerprint density at radius 2 is 1.81 bits per heavy atom. The van der Waals surface area contributed by atoms with Crippen molar-refractivity contribution in [1.82, 2.24) is 4.98 Å². The standard InChI is InChI=1S/C25H19N3O3/c1-30-19-11-9-17(10-12-19)24-16-22(21-7-2-3-8-23(21)28-24)25(29)27-18-5-4-6-20(15-18)31-14-13-26/h2-12,15-16H,14H2,1H3,(H,27,29). The third kappa shape index (κ3) is 4.46. The molecule has 4 rings (SSSR count). The largest absolute Gasteiger partial charge is 0.497 e. The predicted octanol–water partition coefficient (Wildman–Crippen LogP) is 5.07. The second-order valence-corrected chi connectivity index (χ2v) is 6.73. The minimum atomic E-state index is -0.259. The van der Waals surface area contributed by atoms with Gasteiger partial charge in [-0.15, -0.1) is 0 Å². The van der Waals surface area contributed by atoms with Crippen LogP contribution in [0.4, 0.5) is 5.69 Å². The van der Waals surface area contributed by atoms with Crippen molar-refractivity contribution in [3.8, 4) is 28.8 Å². The first-order valence-corrected chi connectivity index (χ1v) is 9.63. The normalized spacial score (nSPS) is 10.3. The number of carbonyl (C=O) groups is 1. The first-order valence-electron chi connectivity index (χ1n) is 9.63. The molecule has 0 aliphatic heterocycles. The third-order valence-electron chi connectivity index (χ3n) is 4.74. The van der Waals surface area contributed by atoms with Crippen LogP contribution in [0.2, 0.25) is 0 Å². The summed E-state index contributed by atoms with van der Waals surface area (Å²) in [6, 6.07) is 25.7. The number of anilines is 1. The van der Waals surface area contributed by atoms with Crippen LogP contribution in [-0.4, -0.2) is 24.6 Å². The van der Waals surface area contributed by atoms with Gasteiger partial charge in [-0.25, -0.2) is 4.98 Å². The monoisotopic (exact) mass is 409 g/mol. The Morgan fingerprint density at radius 3 is 2.58 bits per heavy atom. The van der Waals surface area contributed by atoms with Crippen LogP contribution in [0.1, 0.15) is 10.4 Å². The van der Waals surface area contributed by atoms with E-state index >= 15 is 0 Å². The summed E-state index contributed by atoms with van der Waals surface area (Å²) >= 11 is 0. The fraction of sp³-hybridized carbons (Fsp3) is 0.0800. The maximum absolute atomic E-state index is 13.2. The molecule has 0 aliphatic carbocycles. The molecule has 31 heavy (non-hydrogen) atoms. The molecule has 1 heterocycles. The quantitative estimate of drug-likeness (QED) is 0.481. The van der Waals surface area contributed by atoms with Gasteiger partial charge in [0.1, 0.15) is 17.6 Å². The summed E-state index contributed by atoms with van der Waals surface area (Å²) in [7, 11) is 1.62. The SMILES string of the molecule is COc1ccc(-c2cc(C(=O)Nc3cccc(OCC#N)c3)c3ccccc3n2)cc1. The molecule has 0 saturated heterocycles. The van der Waals surface area contributed by atoms with E-state index in [0.717, 1.165) is 22.2 Å². The van der Waals surface area contributed by atoms with Crippen LogP contribution >= 0.6 is 0 Å². The maximum atomic E-state index is 13.2. The molecule has 0 fully saturated rings. The number of para-hydroxylation sites is 1. The number of nitrogens with zero attached hydrogens (tertiary/aromatic N) is 2. The van der Waals surface area contributed by atoms with Gasteiger partial charge >= 0.3 is 0 Å². The van der Waals surface area contributed by atoms with Crippen LogP contribution < -0.4 is 14.8 Å².